The molecule has 0 spiro atoms. The normalized spacial score (nSPS) is 11.3. The summed E-state index contributed by atoms with van der Waals surface area (Å²) in [6, 6.07) is 33.5. The predicted octanol–water partition coefficient (Wildman–Crippen LogP) is 8.67. The summed E-state index contributed by atoms with van der Waals surface area (Å²) in [5.74, 6) is 0. The van der Waals surface area contributed by atoms with Gasteiger partial charge in [-0.2, -0.15) is 0 Å². The fourth-order valence-electron chi connectivity index (χ4n) is 6.31. The molecule has 0 heterocycles. The van der Waals surface area contributed by atoms with Crippen molar-refractivity contribution in [3.63, 3.8) is 0 Å². The van der Waals surface area contributed by atoms with E-state index in [1.165, 1.54) is 126 Å². The number of unbranched alkanes of at least 4 members (excludes halogenated alkanes) is 15. The number of halogens is 1. The first-order chi connectivity index (χ1) is 19.8. The van der Waals surface area contributed by atoms with Crippen LogP contribution in [0.1, 0.15) is 126 Å². The van der Waals surface area contributed by atoms with Gasteiger partial charge in [-0.05, 0) is 12.8 Å². The zero-order valence-electron chi connectivity index (χ0n) is 26.1. The number of hydrogen-bond acceptors (Lipinski definition) is 0. The number of quaternary nitrogens is 1. The van der Waals surface area contributed by atoms with Crippen LogP contribution in [0, 0.1) is 0 Å². The molecule has 0 atom stereocenters. The van der Waals surface area contributed by atoms with E-state index in [2.05, 4.69) is 97.9 Å². The fourth-order valence-corrected chi connectivity index (χ4v) is 6.31. The van der Waals surface area contributed by atoms with Crippen LogP contribution in [0.3, 0.4) is 0 Å². The minimum Gasteiger partial charge on any atom is -1.00 e. The van der Waals surface area contributed by atoms with Crippen LogP contribution in [-0.4, -0.2) is 11.0 Å². The molecule has 3 aromatic carbocycles. The molecular weight excluding hydrogens is 518 g/mol. The molecule has 0 saturated carbocycles. The van der Waals surface area contributed by atoms with Crippen molar-refractivity contribution in [3.8, 4) is 0 Å². The third-order valence-corrected chi connectivity index (χ3v) is 8.57. The third-order valence-electron chi connectivity index (χ3n) is 8.57. The van der Waals surface area contributed by atoms with Crippen molar-refractivity contribution in [2.75, 3.05) is 6.54 Å². The Morgan fingerprint density at radius 3 is 0.927 bits per heavy atom. The van der Waals surface area contributed by atoms with E-state index in [9.17, 15) is 0 Å². The average molecular weight is 576 g/mol. The van der Waals surface area contributed by atoms with Crippen molar-refractivity contribution < 1.29 is 16.9 Å². The molecule has 0 aliphatic carbocycles. The van der Waals surface area contributed by atoms with Crippen LogP contribution in [0.2, 0.25) is 0 Å². The van der Waals surface area contributed by atoms with Crippen molar-refractivity contribution in [1.29, 1.82) is 0 Å². The molecule has 2 heteroatoms. The van der Waals surface area contributed by atoms with Crippen molar-refractivity contribution in [1.82, 2.24) is 0 Å². The highest BCUT2D eigenvalue weighted by atomic mass is 35.5. The topological polar surface area (TPSA) is 0 Å². The van der Waals surface area contributed by atoms with Gasteiger partial charge in [0, 0.05) is 16.7 Å². The summed E-state index contributed by atoms with van der Waals surface area (Å²) in [5.41, 5.74) is 4.35. The second-order valence-corrected chi connectivity index (χ2v) is 12.3. The summed E-state index contributed by atoms with van der Waals surface area (Å²) in [5, 5.41) is 0. The Bertz CT molecular complexity index is 871. The van der Waals surface area contributed by atoms with Gasteiger partial charge in [-0.25, -0.2) is 0 Å². The maximum Gasteiger partial charge on any atom is 0.105 e. The number of nitrogens with zero attached hydrogens (tertiary/aromatic N) is 1. The quantitative estimate of drug-likeness (QED) is 0.0783. The molecule has 0 unspecified atom stereocenters. The molecule has 0 bridgehead atoms. The second kappa shape index (κ2) is 22.5. The molecule has 0 aromatic heterocycles. The minimum atomic E-state index is 0. The SMILES string of the molecule is CCCCCCCCCCCCCCCCCC[N+](Cc1ccccc1)(Cc1ccccc1)Cc1ccccc1.[Cl-]. The molecule has 0 radical (unpaired) electrons. The summed E-state index contributed by atoms with van der Waals surface area (Å²) >= 11 is 0. The van der Waals surface area contributed by atoms with E-state index in [-0.39, 0.29) is 12.4 Å². The Hall–Kier alpha value is -2.09. The van der Waals surface area contributed by atoms with E-state index >= 15 is 0 Å². The molecule has 3 aromatic rings. The van der Waals surface area contributed by atoms with Gasteiger partial charge in [-0.15, -0.1) is 0 Å². The van der Waals surface area contributed by atoms with Crippen molar-refractivity contribution in [2.24, 2.45) is 0 Å². The summed E-state index contributed by atoms with van der Waals surface area (Å²) in [6.07, 6.45) is 22.8. The van der Waals surface area contributed by atoms with Gasteiger partial charge in [0.1, 0.15) is 19.6 Å². The molecule has 0 aliphatic heterocycles. The maximum atomic E-state index is 2.32. The zero-order valence-corrected chi connectivity index (χ0v) is 26.9. The van der Waals surface area contributed by atoms with E-state index in [4.69, 9.17) is 0 Å². The van der Waals surface area contributed by atoms with Crippen molar-refractivity contribution in [3.05, 3.63) is 108 Å². The Balaban J connectivity index is 0.00000588. The summed E-state index contributed by atoms with van der Waals surface area (Å²) < 4.78 is 1.09. The molecule has 226 valence electrons. The average Bonchev–Trinajstić information content (AvgIpc) is 2.98. The van der Waals surface area contributed by atoms with E-state index in [1.54, 1.807) is 0 Å². The predicted molar refractivity (Wildman–Crippen MR) is 175 cm³/mol. The Labute approximate surface area is 259 Å². The van der Waals surface area contributed by atoms with Crippen LogP contribution in [0.25, 0.3) is 0 Å². The summed E-state index contributed by atoms with van der Waals surface area (Å²) in [7, 11) is 0. The highest BCUT2D eigenvalue weighted by molar-refractivity contribution is 5.17. The molecule has 0 amide bonds. The first-order valence-electron chi connectivity index (χ1n) is 16.8. The van der Waals surface area contributed by atoms with E-state index < -0.39 is 0 Å². The van der Waals surface area contributed by atoms with Crippen LogP contribution in [0.5, 0.6) is 0 Å². The van der Waals surface area contributed by atoms with Gasteiger partial charge < -0.3 is 16.9 Å². The Morgan fingerprint density at radius 2 is 0.634 bits per heavy atom. The number of rotatable bonds is 23. The van der Waals surface area contributed by atoms with Crippen LogP contribution in [0.15, 0.2) is 91.0 Å². The van der Waals surface area contributed by atoms with E-state index in [0.29, 0.717) is 0 Å². The van der Waals surface area contributed by atoms with Gasteiger partial charge >= 0.3 is 0 Å². The van der Waals surface area contributed by atoms with Crippen molar-refractivity contribution >= 4 is 0 Å². The highest BCUT2D eigenvalue weighted by Crippen LogP contribution is 2.26. The smallest absolute Gasteiger partial charge is 0.105 e. The molecule has 0 aliphatic rings. The van der Waals surface area contributed by atoms with Crippen LogP contribution in [-0.2, 0) is 19.6 Å². The van der Waals surface area contributed by atoms with Gasteiger partial charge in [0.05, 0.1) is 6.54 Å². The van der Waals surface area contributed by atoms with Gasteiger partial charge in [0.15, 0.2) is 0 Å². The summed E-state index contributed by atoms with van der Waals surface area (Å²) in [4.78, 5) is 0. The third kappa shape index (κ3) is 15.6. The monoisotopic (exact) mass is 575 g/mol. The lowest BCUT2D eigenvalue weighted by atomic mass is 10.0. The minimum absolute atomic E-state index is 0. The van der Waals surface area contributed by atoms with Gasteiger partial charge in [-0.3, -0.25) is 0 Å². The maximum absolute atomic E-state index is 2.32. The largest absolute Gasteiger partial charge is 1.00 e. The lowest BCUT2D eigenvalue weighted by Gasteiger charge is -2.39. The lowest BCUT2D eigenvalue weighted by Crippen LogP contribution is -3.00. The zero-order chi connectivity index (χ0) is 28.0. The number of benzene rings is 3. The Morgan fingerprint density at radius 1 is 0.366 bits per heavy atom. The molecule has 0 saturated heterocycles. The molecule has 1 nitrogen and oxygen atoms in total. The van der Waals surface area contributed by atoms with Crippen molar-refractivity contribution in [2.45, 2.75) is 129 Å². The van der Waals surface area contributed by atoms with Crippen LogP contribution < -0.4 is 12.4 Å². The van der Waals surface area contributed by atoms with Gasteiger partial charge in [0.25, 0.3) is 0 Å². The molecule has 0 N–H and O–H groups in total. The van der Waals surface area contributed by atoms with E-state index in [0.717, 1.165) is 24.1 Å². The fraction of sp³-hybridized carbons (Fsp3) is 0.538. The lowest BCUT2D eigenvalue weighted by molar-refractivity contribution is -0.966. The first-order valence-corrected chi connectivity index (χ1v) is 16.8. The van der Waals surface area contributed by atoms with Gasteiger partial charge in [-0.1, -0.05) is 188 Å². The first kappa shape index (κ1) is 35.1. The molecule has 0 fully saturated rings. The summed E-state index contributed by atoms with van der Waals surface area (Å²) in [6.45, 7) is 6.80. The Kier molecular flexibility index (Phi) is 19.3. The van der Waals surface area contributed by atoms with Gasteiger partial charge in [0.2, 0.25) is 0 Å². The van der Waals surface area contributed by atoms with Crippen LogP contribution >= 0.6 is 0 Å². The van der Waals surface area contributed by atoms with Crippen LogP contribution in [0.4, 0.5) is 0 Å². The molecule has 3 rings (SSSR count). The van der Waals surface area contributed by atoms with E-state index in [1.807, 2.05) is 0 Å². The molecular formula is C39H58ClN. The highest BCUT2D eigenvalue weighted by Gasteiger charge is 2.28. The number of hydrogen-bond donors (Lipinski definition) is 0. The molecule has 41 heavy (non-hydrogen) atoms. The standard InChI is InChI=1S/C39H58N.ClH/c1-2-3-4-5-6-7-8-9-10-11-12-13-14-15-16-26-33-40(34-37-27-20-17-21-28-37,35-38-29-22-18-23-30-38)36-39-31-24-19-25-32-39;/h17-25,27-32H,2-16,26,33-36H2,1H3;1H/q+1;/p-1. The second-order valence-electron chi connectivity index (χ2n) is 12.3.